The first kappa shape index (κ1) is 19.3. The monoisotopic (exact) mass is 411 g/mol. The van der Waals surface area contributed by atoms with Crippen LogP contribution < -0.4 is 10.5 Å². The average molecular weight is 411 g/mol. The molecule has 6 nitrogen and oxygen atoms in total. The van der Waals surface area contributed by atoms with Crippen molar-refractivity contribution in [2.75, 3.05) is 6.61 Å². The van der Waals surface area contributed by atoms with Gasteiger partial charge < -0.3 is 19.9 Å². The summed E-state index contributed by atoms with van der Waals surface area (Å²) in [5.74, 6) is 0.321. The van der Waals surface area contributed by atoms with Gasteiger partial charge in [-0.05, 0) is 62.9 Å². The molecule has 30 heavy (non-hydrogen) atoms. The van der Waals surface area contributed by atoms with Crippen LogP contribution >= 0.6 is 0 Å². The standard InChI is InChI=1S/C23H26FN3O3/c1-13(2)29-15-6-8-20-18(11-15)23(12-28-22(25)27-23)17-10-14(5-7-19(17)30-20)16-4-3-9-26-21(16)24/h3-5,7,9-10,13,15,18,20H,6,8,11-12H2,1-2H3,(H2,25,27)/t15-,18+,20-,23?/m1/s1. The number of fused-ring (bicyclic) bond motifs is 4. The van der Waals surface area contributed by atoms with Gasteiger partial charge in [-0.15, -0.1) is 0 Å². The average Bonchev–Trinajstić information content (AvgIpc) is 3.11. The fourth-order valence-corrected chi connectivity index (χ4v) is 5.13. The zero-order valence-corrected chi connectivity index (χ0v) is 17.2. The molecule has 0 radical (unpaired) electrons. The maximum atomic E-state index is 14.3. The van der Waals surface area contributed by atoms with E-state index in [0.29, 0.717) is 12.2 Å². The van der Waals surface area contributed by atoms with Crippen molar-refractivity contribution in [1.29, 1.82) is 0 Å². The van der Waals surface area contributed by atoms with Gasteiger partial charge in [-0.1, -0.05) is 6.07 Å². The number of nitrogens with two attached hydrogens (primary N) is 1. The van der Waals surface area contributed by atoms with E-state index in [0.717, 1.165) is 36.1 Å². The molecule has 4 atom stereocenters. The minimum atomic E-state index is -0.657. The number of nitrogens with zero attached hydrogens (tertiary/aromatic N) is 2. The molecule has 2 aliphatic heterocycles. The van der Waals surface area contributed by atoms with Gasteiger partial charge in [0.25, 0.3) is 6.02 Å². The van der Waals surface area contributed by atoms with Crippen molar-refractivity contribution >= 4 is 6.02 Å². The summed E-state index contributed by atoms with van der Waals surface area (Å²) >= 11 is 0. The molecule has 0 saturated heterocycles. The highest BCUT2D eigenvalue weighted by atomic mass is 19.1. The number of halogens is 1. The predicted octanol–water partition coefficient (Wildman–Crippen LogP) is 3.78. The lowest BCUT2D eigenvalue weighted by molar-refractivity contribution is -0.0791. The molecule has 0 amide bonds. The summed E-state index contributed by atoms with van der Waals surface area (Å²) in [4.78, 5) is 8.59. The van der Waals surface area contributed by atoms with Crippen molar-refractivity contribution in [3.63, 3.8) is 0 Å². The molecule has 5 rings (SSSR count). The topological polar surface area (TPSA) is 79.0 Å². The highest BCUT2D eigenvalue weighted by Crippen LogP contribution is 2.53. The zero-order valence-electron chi connectivity index (χ0n) is 17.2. The number of hydrogen-bond acceptors (Lipinski definition) is 6. The van der Waals surface area contributed by atoms with Crippen molar-refractivity contribution in [1.82, 2.24) is 4.98 Å². The summed E-state index contributed by atoms with van der Waals surface area (Å²) in [6.07, 6.45) is 4.41. The summed E-state index contributed by atoms with van der Waals surface area (Å²) in [5.41, 5.74) is 7.39. The normalized spacial score (nSPS) is 29.7. The molecule has 158 valence electrons. The van der Waals surface area contributed by atoms with Crippen LogP contribution in [-0.2, 0) is 15.0 Å². The van der Waals surface area contributed by atoms with Gasteiger partial charge in [0.2, 0.25) is 5.95 Å². The smallest absolute Gasteiger partial charge is 0.283 e. The Morgan fingerprint density at radius 2 is 2.13 bits per heavy atom. The van der Waals surface area contributed by atoms with Gasteiger partial charge in [-0.3, -0.25) is 0 Å². The summed E-state index contributed by atoms with van der Waals surface area (Å²) < 4.78 is 32.6. The number of hydrogen-bond donors (Lipinski definition) is 1. The van der Waals surface area contributed by atoms with Crippen LogP contribution in [0.3, 0.4) is 0 Å². The van der Waals surface area contributed by atoms with E-state index < -0.39 is 11.5 Å². The highest BCUT2D eigenvalue weighted by Gasteiger charge is 2.55. The lowest BCUT2D eigenvalue weighted by Gasteiger charge is -2.48. The fraction of sp³-hybridized carbons (Fsp3) is 0.478. The van der Waals surface area contributed by atoms with Crippen LogP contribution in [-0.4, -0.2) is 35.9 Å². The Bertz CT molecular complexity index is 995. The first-order chi connectivity index (χ1) is 14.5. The van der Waals surface area contributed by atoms with Crippen molar-refractivity contribution in [3.8, 4) is 16.9 Å². The minimum absolute atomic E-state index is 0.0174. The van der Waals surface area contributed by atoms with E-state index in [-0.39, 0.29) is 30.3 Å². The Morgan fingerprint density at radius 3 is 2.87 bits per heavy atom. The van der Waals surface area contributed by atoms with Gasteiger partial charge in [0, 0.05) is 23.2 Å². The van der Waals surface area contributed by atoms with Crippen LogP contribution in [0.5, 0.6) is 5.75 Å². The van der Waals surface area contributed by atoms with E-state index in [4.69, 9.17) is 24.9 Å². The SMILES string of the molecule is CC(C)O[C@@H]1CC[C@H]2Oc3ccc(-c4cccnc4F)cc3C3(COC(N)=N3)[C@H]2C1. The molecule has 1 aliphatic carbocycles. The van der Waals surface area contributed by atoms with Gasteiger partial charge in [0.05, 0.1) is 12.2 Å². The number of rotatable bonds is 3. The lowest BCUT2D eigenvalue weighted by atomic mass is 9.67. The molecule has 1 fully saturated rings. The largest absolute Gasteiger partial charge is 0.490 e. The number of ether oxygens (including phenoxy) is 3. The predicted molar refractivity (Wildman–Crippen MR) is 111 cm³/mol. The molecular weight excluding hydrogens is 385 g/mol. The third kappa shape index (κ3) is 3.12. The summed E-state index contributed by atoms with van der Waals surface area (Å²) in [6, 6.07) is 9.35. The van der Waals surface area contributed by atoms with Gasteiger partial charge in [-0.25, -0.2) is 9.98 Å². The second kappa shape index (κ2) is 7.23. The van der Waals surface area contributed by atoms with Crippen molar-refractivity contribution in [3.05, 3.63) is 48.0 Å². The lowest BCUT2D eigenvalue weighted by Crippen LogP contribution is -2.52. The van der Waals surface area contributed by atoms with Crippen LogP contribution in [0.2, 0.25) is 0 Å². The number of amidine groups is 1. The maximum absolute atomic E-state index is 14.3. The van der Waals surface area contributed by atoms with Crippen LogP contribution in [0.15, 0.2) is 41.5 Å². The molecule has 0 bridgehead atoms. The molecule has 3 heterocycles. The first-order valence-corrected chi connectivity index (χ1v) is 10.5. The summed E-state index contributed by atoms with van der Waals surface area (Å²) in [6.45, 7) is 4.46. The first-order valence-electron chi connectivity index (χ1n) is 10.5. The molecule has 1 aromatic heterocycles. The van der Waals surface area contributed by atoms with Crippen LogP contribution in [0.1, 0.15) is 38.7 Å². The minimum Gasteiger partial charge on any atom is -0.490 e. The Morgan fingerprint density at radius 1 is 1.27 bits per heavy atom. The van der Waals surface area contributed by atoms with E-state index in [1.807, 2.05) is 18.2 Å². The Kier molecular flexibility index (Phi) is 4.65. The Balaban J connectivity index is 1.60. The van der Waals surface area contributed by atoms with Crippen molar-refractivity contribution in [2.24, 2.45) is 16.6 Å². The van der Waals surface area contributed by atoms with E-state index in [2.05, 4.69) is 18.8 Å². The van der Waals surface area contributed by atoms with Gasteiger partial charge in [0.1, 0.15) is 24.0 Å². The van der Waals surface area contributed by atoms with Gasteiger partial charge in [0.15, 0.2) is 0 Å². The molecule has 3 aliphatic rings. The molecule has 1 saturated carbocycles. The summed E-state index contributed by atoms with van der Waals surface area (Å²) in [5, 5.41) is 0. The Labute approximate surface area is 175 Å². The molecule has 2 N–H and O–H groups in total. The van der Waals surface area contributed by atoms with Crippen molar-refractivity contribution in [2.45, 2.75) is 57.0 Å². The quantitative estimate of drug-likeness (QED) is 0.778. The Hall–Kier alpha value is -2.67. The van der Waals surface area contributed by atoms with Gasteiger partial charge in [-0.2, -0.15) is 4.39 Å². The molecule has 1 aromatic carbocycles. The van der Waals surface area contributed by atoms with Crippen LogP contribution in [0.4, 0.5) is 4.39 Å². The molecule has 7 heteroatoms. The second-order valence-electron chi connectivity index (χ2n) is 8.60. The van der Waals surface area contributed by atoms with Crippen LogP contribution in [0, 0.1) is 11.9 Å². The van der Waals surface area contributed by atoms with Crippen molar-refractivity contribution < 1.29 is 18.6 Å². The van der Waals surface area contributed by atoms with Crippen LogP contribution in [0.25, 0.3) is 11.1 Å². The third-order valence-electron chi connectivity index (χ3n) is 6.36. The van der Waals surface area contributed by atoms with E-state index in [9.17, 15) is 4.39 Å². The fourth-order valence-electron chi connectivity index (χ4n) is 5.13. The summed E-state index contributed by atoms with van der Waals surface area (Å²) in [7, 11) is 0. The van der Waals surface area contributed by atoms with E-state index in [1.165, 1.54) is 6.20 Å². The maximum Gasteiger partial charge on any atom is 0.283 e. The van der Waals surface area contributed by atoms with Gasteiger partial charge >= 0.3 is 0 Å². The van der Waals surface area contributed by atoms with E-state index >= 15 is 0 Å². The highest BCUT2D eigenvalue weighted by molar-refractivity contribution is 5.75. The second-order valence-corrected chi connectivity index (χ2v) is 8.60. The molecule has 1 spiro atoms. The zero-order chi connectivity index (χ0) is 20.9. The molecular formula is C23H26FN3O3. The van der Waals surface area contributed by atoms with E-state index in [1.54, 1.807) is 12.1 Å². The molecule has 1 unspecified atom stereocenters. The number of pyridine rings is 1. The number of benzene rings is 1. The molecule has 2 aromatic rings. The third-order valence-corrected chi connectivity index (χ3v) is 6.36. The number of aromatic nitrogens is 1. The number of aliphatic imine (C=N–C) groups is 1.